The van der Waals surface area contributed by atoms with Crippen molar-refractivity contribution >= 4 is 102 Å². The van der Waals surface area contributed by atoms with E-state index in [1.165, 1.54) is 121 Å². The van der Waals surface area contributed by atoms with Gasteiger partial charge < -0.3 is 28.8 Å². The summed E-state index contributed by atoms with van der Waals surface area (Å²) in [6, 6.07) is 29.7. The van der Waals surface area contributed by atoms with Crippen LogP contribution in [0.1, 0.15) is 76.2 Å². The van der Waals surface area contributed by atoms with E-state index >= 15 is 0 Å². The average Bonchev–Trinajstić information content (AvgIpc) is 1.55. The fraction of sp³-hybridized carbons (Fsp3) is 0.229. The number of furan rings is 2. The van der Waals surface area contributed by atoms with Gasteiger partial charge in [0.15, 0.2) is 0 Å². The van der Waals surface area contributed by atoms with Crippen molar-refractivity contribution in [3.63, 3.8) is 0 Å². The number of benzene rings is 6. The number of carbonyl (C=O) groups excluding carboxylic acids is 2. The lowest BCUT2D eigenvalue weighted by Crippen LogP contribution is -2.41. The van der Waals surface area contributed by atoms with Crippen molar-refractivity contribution < 1.29 is 62.1 Å². The number of nitrogens with one attached hydrogen (secondary N) is 2. The number of sulfonamides is 2. The number of hydrogen-bond donors (Lipinski definition) is 2. The second-order valence-electron chi connectivity index (χ2n) is 24.6. The zero-order chi connectivity index (χ0) is 71.0. The summed E-state index contributed by atoms with van der Waals surface area (Å²) in [6.45, 7) is 8.10. The Kier molecular flexibility index (Phi) is 18.5. The van der Waals surface area contributed by atoms with Crippen LogP contribution in [0.25, 0.3) is 84.8 Å². The van der Waals surface area contributed by atoms with Crippen LogP contribution >= 0.6 is 11.6 Å². The van der Waals surface area contributed by atoms with Crippen molar-refractivity contribution in [1.29, 1.82) is 0 Å². The number of allylic oxidation sites excluding steroid dienone is 2. The first-order valence-corrected chi connectivity index (χ1v) is 34.4. The number of nitrogens with zero attached hydrogens (tertiary/aromatic N) is 6. The molecule has 10 aromatic rings. The van der Waals surface area contributed by atoms with Crippen molar-refractivity contribution in [2.45, 2.75) is 51.7 Å². The molecule has 5 heterocycles. The molecule has 1 saturated heterocycles. The van der Waals surface area contributed by atoms with E-state index in [9.17, 15) is 53.6 Å². The summed E-state index contributed by atoms with van der Waals surface area (Å²) < 4.78 is 134. The van der Waals surface area contributed by atoms with Crippen LogP contribution in [0.3, 0.4) is 0 Å². The van der Waals surface area contributed by atoms with Crippen LogP contribution in [0.4, 0.5) is 28.9 Å². The number of fused-ring (bicyclic) bond motifs is 4. The van der Waals surface area contributed by atoms with Gasteiger partial charge in [0.2, 0.25) is 20.0 Å². The molecule has 20 nitrogen and oxygen atoms in total. The fourth-order valence-electron chi connectivity index (χ4n) is 11.5. The normalized spacial score (nSPS) is 14.4. The van der Waals surface area contributed by atoms with Gasteiger partial charge in [-0.2, -0.15) is 10.2 Å². The molecule has 0 radical (unpaired) electrons. The molecule has 0 atom stereocenters. The predicted molar refractivity (Wildman–Crippen MR) is 371 cm³/mol. The Bertz CT molecular complexity index is 5340. The molecular formula is C70H64BClF4N8O12S2. The molecule has 2 aliphatic carbocycles. The second-order valence-corrected chi connectivity index (χ2v) is 29.0. The lowest BCUT2D eigenvalue weighted by atomic mass is 9.77. The molecule has 98 heavy (non-hydrogen) atoms. The first-order chi connectivity index (χ1) is 46.1. The summed E-state index contributed by atoms with van der Waals surface area (Å²) in [7, 11) is 0.615. The molecule has 2 N–H and O–H groups in total. The Morgan fingerprint density at radius 1 is 0.582 bits per heavy atom. The van der Waals surface area contributed by atoms with Crippen molar-refractivity contribution in [2.75, 3.05) is 49.3 Å². The quantitative estimate of drug-likeness (QED) is 0.0853. The van der Waals surface area contributed by atoms with Crippen molar-refractivity contribution in [3.8, 4) is 45.2 Å². The first kappa shape index (κ1) is 69.4. The number of halogens is 5. The highest BCUT2D eigenvalue weighted by Crippen LogP contribution is 2.45. The summed E-state index contributed by atoms with van der Waals surface area (Å²) in [5.41, 5.74) is 6.02. The molecule has 1 aliphatic heterocycles. The van der Waals surface area contributed by atoms with E-state index in [0.717, 1.165) is 47.1 Å². The average molecular weight is 1400 g/mol. The number of rotatable bonds is 12. The minimum atomic E-state index is -3.80. The van der Waals surface area contributed by atoms with Gasteiger partial charge in [0, 0.05) is 104 Å². The van der Waals surface area contributed by atoms with Gasteiger partial charge in [0.1, 0.15) is 51.0 Å². The van der Waals surface area contributed by atoms with Crippen LogP contribution < -0.4 is 30.4 Å². The van der Waals surface area contributed by atoms with Gasteiger partial charge in [-0.3, -0.25) is 27.8 Å². The van der Waals surface area contributed by atoms with Gasteiger partial charge in [-0.25, -0.2) is 43.8 Å². The Morgan fingerprint density at radius 2 is 1.00 bits per heavy atom. The van der Waals surface area contributed by atoms with E-state index in [-0.39, 0.29) is 91.3 Å². The molecule has 6 aromatic carbocycles. The number of hydrogen-bond acceptors (Lipinski definition) is 14. The lowest BCUT2D eigenvalue weighted by molar-refractivity contribution is 0.00578. The van der Waals surface area contributed by atoms with E-state index in [1.807, 2.05) is 39.8 Å². The number of amides is 2. The van der Waals surface area contributed by atoms with E-state index in [2.05, 4.69) is 20.8 Å². The fourth-order valence-corrected chi connectivity index (χ4v) is 12.8. The second kappa shape index (κ2) is 26.1. The van der Waals surface area contributed by atoms with E-state index in [0.29, 0.717) is 62.6 Å². The lowest BCUT2D eigenvalue weighted by Gasteiger charge is -2.32. The first-order valence-electron chi connectivity index (χ1n) is 30.3. The van der Waals surface area contributed by atoms with Gasteiger partial charge >= 0.3 is 7.12 Å². The highest BCUT2D eigenvalue weighted by molar-refractivity contribution is 7.92. The molecule has 506 valence electrons. The molecular weight excluding hydrogens is 1330 g/mol. The topological polar surface area (TPSA) is 247 Å². The Morgan fingerprint density at radius 3 is 1.41 bits per heavy atom. The molecule has 0 saturated carbocycles. The Hall–Kier alpha value is -9.93. The minimum Gasteiger partial charge on any atom is -0.455 e. The third-order valence-corrected chi connectivity index (χ3v) is 20.3. The third-order valence-electron chi connectivity index (χ3n) is 17.7. The molecule has 0 spiro atoms. The highest BCUT2D eigenvalue weighted by Gasteiger charge is 2.53. The van der Waals surface area contributed by atoms with Crippen molar-refractivity contribution in [1.82, 2.24) is 30.2 Å². The zero-order valence-electron chi connectivity index (χ0n) is 55.0. The van der Waals surface area contributed by atoms with E-state index in [4.69, 9.17) is 29.7 Å². The van der Waals surface area contributed by atoms with Gasteiger partial charge in [-0.1, -0.05) is 41.9 Å². The SMILES string of the molecule is CC1(C)OB(C2=Cc3c(F)cccc3C2)OC1(C)C.CNC(=O)c1c(-c2ccc(F)cc2)oc2cc(N(C)S(C)(=O)=O)c(-c3cc(C4=Cc5c(F)cccc5C4)c(=O)n(C)n3)cc12.CNC(=O)c1c(-c2ccc(F)cc2)oc2cc(N(C)S(C)(=O)=O)c(-c3cc(Cl)c(=O)n(C)n3)cc12. The van der Waals surface area contributed by atoms with Crippen molar-refractivity contribution in [3.05, 3.63) is 215 Å². The molecule has 0 unspecified atom stereocenters. The van der Waals surface area contributed by atoms with Crippen LogP contribution in [0.15, 0.2) is 145 Å². The van der Waals surface area contributed by atoms with E-state index < -0.39 is 60.4 Å². The number of aryl methyl sites for hydroxylation is 2. The molecule has 28 heteroatoms. The van der Waals surface area contributed by atoms with Gasteiger partial charge in [0.05, 0.1) is 57.6 Å². The molecule has 2 amide bonds. The Balaban J connectivity index is 0.000000160. The van der Waals surface area contributed by atoms with E-state index in [1.54, 1.807) is 42.5 Å². The number of aromatic nitrogens is 4. The van der Waals surface area contributed by atoms with Crippen LogP contribution in [-0.2, 0) is 56.3 Å². The van der Waals surface area contributed by atoms with Crippen LogP contribution in [-0.4, -0.2) is 107 Å². The maximum absolute atomic E-state index is 14.5. The summed E-state index contributed by atoms with van der Waals surface area (Å²) in [5, 5.41) is 14.4. The van der Waals surface area contributed by atoms with Crippen molar-refractivity contribution in [2.24, 2.45) is 14.1 Å². The number of carbonyl (C=O) groups is 2. The highest BCUT2D eigenvalue weighted by atomic mass is 35.5. The molecule has 13 rings (SSSR count). The van der Waals surface area contributed by atoms with Gasteiger partial charge in [-0.15, -0.1) is 0 Å². The van der Waals surface area contributed by atoms with Crippen LogP contribution in [0.2, 0.25) is 5.02 Å². The largest absolute Gasteiger partial charge is 0.490 e. The summed E-state index contributed by atoms with van der Waals surface area (Å²) in [6.07, 6.45) is 6.59. The maximum Gasteiger partial charge on any atom is 0.490 e. The molecule has 0 bridgehead atoms. The minimum absolute atomic E-state index is 0.115. The Labute approximate surface area is 566 Å². The molecule has 1 fully saturated rings. The van der Waals surface area contributed by atoms with Gasteiger partial charge in [0.25, 0.3) is 22.9 Å². The molecule has 4 aromatic heterocycles. The standard InChI is InChI=1S/C32H26F2N4O5S.C23H20ClFN4O5S.C15H18BFO2/c1-35-31(39)29-24-14-23(26-15-22(32(40)37(2)36-26)19-12-18-6-5-7-25(34)21(18)13-19)27(38(3)44(4,41)42)16-28(24)43-30(29)17-8-10-20(33)11-9-17;1-26-22(30)20-15-9-14(17-10-16(24)23(31)28(2)27-17)18(29(3)35(4,32)33)11-19(15)34-21(20)12-5-7-13(25)8-6-12;1-14(2)15(3,4)19-16(18-14)11-8-10-6-5-7-13(17)12(10)9-11/h5-11,13-16H,12H2,1-4H3,(H,35,39);5-11H,1-4H3,(H,26,30);5-7,9H,8H2,1-4H3. The zero-order valence-corrected chi connectivity index (χ0v) is 57.4. The monoisotopic (exact) mass is 1390 g/mol. The summed E-state index contributed by atoms with van der Waals surface area (Å²) in [4.78, 5) is 51.5. The summed E-state index contributed by atoms with van der Waals surface area (Å²) >= 11 is 6.09. The van der Waals surface area contributed by atoms with Crippen LogP contribution in [0, 0.1) is 23.3 Å². The summed E-state index contributed by atoms with van der Waals surface area (Å²) in [5.74, 6) is -2.11. The van der Waals surface area contributed by atoms with Crippen LogP contribution in [0.5, 0.6) is 0 Å². The number of anilines is 2. The smallest absolute Gasteiger partial charge is 0.455 e. The predicted octanol–water partition coefficient (Wildman–Crippen LogP) is 11.8. The maximum atomic E-state index is 14.5. The van der Waals surface area contributed by atoms with Gasteiger partial charge in [-0.05, 0) is 154 Å². The third kappa shape index (κ3) is 13.2. The molecule has 3 aliphatic rings.